The average Bonchev–Trinajstić information content (AvgIpc) is 3.04. The van der Waals surface area contributed by atoms with Gasteiger partial charge < -0.3 is 15.0 Å². The van der Waals surface area contributed by atoms with Gasteiger partial charge in [-0.05, 0) is 36.6 Å². The second-order valence-corrected chi connectivity index (χ2v) is 6.00. The number of aromatic nitrogens is 3. The fourth-order valence-electron chi connectivity index (χ4n) is 3.08. The zero-order valence-electron chi connectivity index (χ0n) is 14.1. The molecule has 2 aromatic heterocycles. The standard InChI is InChI=1S/C20H20N4O/c1-25-15-9-10-17-16(12-15)18-19(24-17)20(23-13-22-18)21-11-5-8-14-6-3-2-4-7-14/h2-4,6-7,9-10,12-13,24H,5,8,11H2,1H3,(H,21,22,23). The number of hydrogen-bond acceptors (Lipinski definition) is 4. The van der Waals surface area contributed by atoms with Crippen LogP contribution in [0.15, 0.2) is 54.9 Å². The van der Waals surface area contributed by atoms with Gasteiger partial charge in [0.1, 0.15) is 23.1 Å². The second-order valence-electron chi connectivity index (χ2n) is 6.00. The maximum Gasteiger partial charge on any atom is 0.153 e. The third-order valence-corrected chi connectivity index (χ3v) is 4.37. The highest BCUT2D eigenvalue weighted by atomic mass is 16.5. The van der Waals surface area contributed by atoms with Gasteiger partial charge in [0, 0.05) is 17.4 Å². The van der Waals surface area contributed by atoms with Gasteiger partial charge in [0.05, 0.1) is 7.11 Å². The predicted molar refractivity (Wildman–Crippen MR) is 101 cm³/mol. The van der Waals surface area contributed by atoms with E-state index in [1.165, 1.54) is 5.56 Å². The van der Waals surface area contributed by atoms with E-state index in [0.29, 0.717) is 0 Å². The quantitative estimate of drug-likeness (QED) is 0.520. The number of H-pyrrole nitrogens is 1. The van der Waals surface area contributed by atoms with Gasteiger partial charge >= 0.3 is 0 Å². The Hall–Kier alpha value is -3.08. The summed E-state index contributed by atoms with van der Waals surface area (Å²) >= 11 is 0. The Balaban J connectivity index is 1.53. The average molecular weight is 332 g/mol. The van der Waals surface area contributed by atoms with Crippen LogP contribution in [0.4, 0.5) is 5.82 Å². The Morgan fingerprint density at radius 1 is 1.08 bits per heavy atom. The highest BCUT2D eigenvalue weighted by Gasteiger charge is 2.11. The lowest BCUT2D eigenvalue weighted by Crippen LogP contribution is -2.05. The lowest BCUT2D eigenvalue weighted by Gasteiger charge is -2.06. The molecule has 0 aliphatic carbocycles. The maximum absolute atomic E-state index is 5.32. The SMILES string of the molecule is COc1ccc2[nH]c3c(NCCCc4ccccc4)ncnc3c2c1. The minimum absolute atomic E-state index is 0.824. The number of hydrogen-bond donors (Lipinski definition) is 2. The van der Waals surface area contributed by atoms with E-state index in [1.807, 2.05) is 24.3 Å². The number of rotatable bonds is 6. The number of aryl methyl sites for hydroxylation is 1. The fourth-order valence-corrected chi connectivity index (χ4v) is 3.08. The van der Waals surface area contributed by atoms with Crippen LogP contribution in [0.1, 0.15) is 12.0 Å². The third-order valence-electron chi connectivity index (χ3n) is 4.37. The van der Waals surface area contributed by atoms with Crippen LogP contribution in [0.5, 0.6) is 5.75 Å². The monoisotopic (exact) mass is 332 g/mol. The highest BCUT2D eigenvalue weighted by molar-refractivity contribution is 6.08. The number of aromatic amines is 1. The summed E-state index contributed by atoms with van der Waals surface area (Å²) in [4.78, 5) is 12.3. The van der Waals surface area contributed by atoms with Crippen LogP contribution in [0, 0.1) is 0 Å². The van der Waals surface area contributed by atoms with Gasteiger partial charge in [-0.2, -0.15) is 0 Å². The lowest BCUT2D eigenvalue weighted by atomic mass is 10.1. The van der Waals surface area contributed by atoms with Crippen molar-refractivity contribution >= 4 is 27.8 Å². The van der Waals surface area contributed by atoms with Crippen molar-refractivity contribution in [2.45, 2.75) is 12.8 Å². The van der Waals surface area contributed by atoms with E-state index in [9.17, 15) is 0 Å². The molecular weight excluding hydrogens is 312 g/mol. The zero-order valence-corrected chi connectivity index (χ0v) is 14.1. The summed E-state index contributed by atoms with van der Waals surface area (Å²) in [7, 11) is 1.67. The van der Waals surface area contributed by atoms with Crippen LogP contribution in [-0.2, 0) is 6.42 Å². The van der Waals surface area contributed by atoms with Crippen molar-refractivity contribution in [3.63, 3.8) is 0 Å². The Kier molecular flexibility index (Phi) is 4.21. The van der Waals surface area contributed by atoms with E-state index in [1.54, 1.807) is 13.4 Å². The smallest absolute Gasteiger partial charge is 0.153 e. The van der Waals surface area contributed by atoms with Crippen molar-refractivity contribution in [1.29, 1.82) is 0 Å². The molecule has 2 heterocycles. The van der Waals surface area contributed by atoms with Gasteiger partial charge in [-0.1, -0.05) is 30.3 Å². The van der Waals surface area contributed by atoms with Crippen molar-refractivity contribution in [1.82, 2.24) is 15.0 Å². The molecule has 0 radical (unpaired) electrons. The Morgan fingerprint density at radius 3 is 2.80 bits per heavy atom. The Bertz CT molecular complexity index is 995. The molecule has 2 N–H and O–H groups in total. The molecule has 2 aromatic carbocycles. The van der Waals surface area contributed by atoms with E-state index in [0.717, 1.165) is 52.9 Å². The van der Waals surface area contributed by atoms with Crippen molar-refractivity contribution < 1.29 is 4.74 Å². The molecule has 5 heteroatoms. The summed E-state index contributed by atoms with van der Waals surface area (Å²) in [6, 6.07) is 16.5. The molecule has 0 spiro atoms. The number of anilines is 1. The van der Waals surface area contributed by atoms with Crippen LogP contribution in [0.3, 0.4) is 0 Å². The molecule has 4 rings (SSSR count). The van der Waals surface area contributed by atoms with E-state index in [-0.39, 0.29) is 0 Å². The molecule has 0 saturated heterocycles. The molecule has 0 unspecified atom stereocenters. The molecule has 0 fully saturated rings. The van der Waals surface area contributed by atoms with Crippen molar-refractivity contribution in [3.05, 3.63) is 60.4 Å². The maximum atomic E-state index is 5.32. The number of nitrogens with zero attached hydrogens (tertiary/aromatic N) is 2. The third kappa shape index (κ3) is 3.13. The molecule has 5 nitrogen and oxygen atoms in total. The van der Waals surface area contributed by atoms with Crippen molar-refractivity contribution in [2.75, 3.05) is 19.0 Å². The minimum atomic E-state index is 0.824. The first-order valence-corrected chi connectivity index (χ1v) is 8.43. The fraction of sp³-hybridized carbons (Fsp3) is 0.200. The molecule has 0 aliphatic rings. The van der Waals surface area contributed by atoms with E-state index in [4.69, 9.17) is 4.74 Å². The summed E-state index contributed by atoms with van der Waals surface area (Å²) in [5, 5.41) is 4.48. The Morgan fingerprint density at radius 2 is 1.96 bits per heavy atom. The van der Waals surface area contributed by atoms with Crippen LogP contribution in [0.25, 0.3) is 21.9 Å². The zero-order chi connectivity index (χ0) is 17.1. The molecule has 0 amide bonds. The molecule has 4 aromatic rings. The highest BCUT2D eigenvalue weighted by Crippen LogP contribution is 2.29. The van der Waals surface area contributed by atoms with Gasteiger partial charge in [-0.15, -0.1) is 0 Å². The first kappa shape index (κ1) is 15.4. The number of nitrogens with one attached hydrogen (secondary N) is 2. The molecular formula is C20H20N4O. The first-order valence-electron chi connectivity index (χ1n) is 8.43. The van der Waals surface area contributed by atoms with Crippen LogP contribution >= 0.6 is 0 Å². The van der Waals surface area contributed by atoms with Crippen LogP contribution in [-0.4, -0.2) is 28.6 Å². The summed E-state index contributed by atoms with van der Waals surface area (Å²) < 4.78 is 5.32. The summed E-state index contributed by atoms with van der Waals surface area (Å²) in [5.41, 5.74) is 4.23. The normalized spacial score (nSPS) is 11.1. The van der Waals surface area contributed by atoms with Gasteiger partial charge in [0.25, 0.3) is 0 Å². The van der Waals surface area contributed by atoms with Gasteiger partial charge in [-0.3, -0.25) is 0 Å². The second kappa shape index (κ2) is 6.81. The van der Waals surface area contributed by atoms with Crippen molar-refractivity contribution in [2.24, 2.45) is 0 Å². The molecule has 0 atom stereocenters. The predicted octanol–water partition coefficient (Wildman–Crippen LogP) is 4.16. The summed E-state index contributed by atoms with van der Waals surface area (Å²) in [5.74, 6) is 1.66. The van der Waals surface area contributed by atoms with Crippen molar-refractivity contribution in [3.8, 4) is 5.75 Å². The summed E-state index contributed by atoms with van der Waals surface area (Å²) in [6.07, 6.45) is 3.70. The first-order chi connectivity index (χ1) is 12.3. The van der Waals surface area contributed by atoms with E-state index < -0.39 is 0 Å². The lowest BCUT2D eigenvalue weighted by molar-refractivity contribution is 0.415. The van der Waals surface area contributed by atoms with Gasteiger partial charge in [0.2, 0.25) is 0 Å². The van der Waals surface area contributed by atoms with Crippen LogP contribution in [0.2, 0.25) is 0 Å². The molecule has 0 saturated carbocycles. The number of fused-ring (bicyclic) bond motifs is 3. The topological polar surface area (TPSA) is 62.8 Å². The van der Waals surface area contributed by atoms with E-state index in [2.05, 4.69) is 44.5 Å². The molecule has 126 valence electrons. The van der Waals surface area contributed by atoms with Gasteiger partial charge in [0.15, 0.2) is 5.82 Å². The van der Waals surface area contributed by atoms with E-state index >= 15 is 0 Å². The Labute approximate surface area is 146 Å². The molecule has 25 heavy (non-hydrogen) atoms. The largest absolute Gasteiger partial charge is 0.497 e. The molecule has 0 bridgehead atoms. The van der Waals surface area contributed by atoms with Gasteiger partial charge in [-0.25, -0.2) is 9.97 Å². The number of benzene rings is 2. The van der Waals surface area contributed by atoms with Crippen LogP contribution < -0.4 is 10.1 Å². The minimum Gasteiger partial charge on any atom is -0.497 e. The number of ether oxygens (including phenoxy) is 1. The summed E-state index contributed by atoms with van der Waals surface area (Å²) in [6.45, 7) is 0.861. The number of methoxy groups -OCH3 is 1. The molecule has 0 aliphatic heterocycles.